The van der Waals surface area contributed by atoms with Crippen molar-refractivity contribution in [3.05, 3.63) is 113 Å². The van der Waals surface area contributed by atoms with E-state index in [-0.39, 0.29) is 30.6 Å². The smallest absolute Gasteiger partial charge is 0.338 e. The highest BCUT2D eigenvalue weighted by Gasteiger charge is 2.79. The quantitative estimate of drug-likeness (QED) is 0.0993. The number of esters is 5. The second kappa shape index (κ2) is 16.9. The third-order valence-corrected chi connectivity index (χ3v) is 14.0. The third-order valence-electron chi connectivity index (χ3n) is 13.0. The van der Waals surface area contributed by atoms with Crippen LogP contribution >= 0.6 is 11.8 Å². The maximum absolute atomic E-state index is 15.9. The number of aliphatic hydroxyl groups is 1. The van der Waals surface area contributed by atoms with Gasteiger partial charge in [0.05, 0.1) is 23.5 Å². The maximum Gasteiger partial charge on any atom is 0.338 e. The zero-order valence-electron chi connectivity index (χ0n) is 35.6. The van der Waals surface area contributed by atoms with Gasteiger partial charge in [0.25, 0.3) is 0 Å². The summed E-state index contributed by atoms with van der Waals surface area (Å²) in [4.78, 5) is 85.0. The molecule has 13 nitrogen and oxygen atoms in total. The molecule has 1 heterocycles. The number of rotatable bonds is 10. The van der Waals surface area contributed by atoms with E-state index in [1.807, 2.05) is 54.6 Å². The summed E-state index contributed by atoms with van der Waals surface area (Å²) in [6, 6.07) is 25.4. The maximum atomic E-state index is 15.9. The minimum absolute atomic E-state index is 0.111. The first-order valence-electron chi connectivity index (χ1n) is 20.4. The van der Waals surface area contributed by atoms with Crippen molar-refractivity contribution in [3.63, 3.8) is 0 Å². The SMILES string of the molecule is CC(=O)O[C@H]1C(=O)[C@]2(C)[C@@H](OC(=O)/C=C/c3ccc(Sc4ccccc4)cc3)C[C@H]3OC[C@@]3(OC(C)=O)[C@H]2[C@H](OC(=O)c2ccccc2)[C@]2(O)C[C@H](OC(C)=O)C(C)=C1C2(C)C. The first-order valence-corrected chi connectivity index (χ1v) is 21.2. The molecule has 0 aromatic heterocycles. The van der Waals surface area contributed by atoms with Gasteiger partial charge < -0.3 is 33.5 Å². The van der Waals surface area contributed by atoms with Crippen molar-refractivity contribution in [2.75, 3.05) is 6.61 Å². The Morgan fingerprint density at radius 1 is 0.790 bits per heavy atom. The average Bonchev–Trinajstić information content (AvgIpc) is 3.21. The molecule has 3 aromatic carbocycles. The van der Waals surface area contributed by atoms with Crippen molar-refractivity contribution < 1.29 is 62.3 Å². The zero-order chi connectivity index (χ0) is 44.8. The molecule has 326 valence electrons. The van der Waals surface area contributed by atoms with Crippen LogP contribution in [0.4, 0.5) is 0 Å². The zero-order valence-corrected chi connectivity index (χ0v) is 36.4. The summed E-state index contributed by atoms with van der Waals surface area (Å²) in [5.74, 6) is -6.30. The van der Waals surface area contributed by atoms with Gasteiger partial charge in [-0.2, -0.15) is 0 Å². The van der Waals surface area contributed by atoms with Crippen LogP contribution in [0.25, 0.3) is 6.08 Å². The Balaban J connectivity index is 1.37. The fourth-order valence-corrected chi connectivity index (χ4v) is 10.8. The number of Topliss-reactive ketones (excluding diaryl/α,β-unsaturated/α-hetero) is 1. The Morgan fingerprint density at radius 2 is 1.40 bits per heavy atom. The van der Waals surface area contributed by atoms with Crippen LogP contribution in [0.3, 0.4) is 0 Å². The molecule has 1 aliphatic heterocycles. The van der Waals surface area contributed by atoms with Crippen LogP contribution in [-0.2, 0) is 52.4 Å². The molecule has 3 aromatic rings. The average molecular weight is 867 g/mol. The highest BCUT2D eigenvalue weighted by Crippen LogP contribution is 2.65. The van der Waals surface area contributed by atoms with Gasteiger partial charge in [0, 0.05) is 54.9 Å². The molecule has 2 saturated carbocycles. The highest BCUT2D eigenvalue weighted by atomic mass is 32.2. The number of ketones is 1. The van der Waals surface area contributed by atoms with E-state index in [4.69, 9.17) is 28.4 Å². The van der Waals surface area contributed by atoms with Crippen molar-refractivity contribution >= 4 is 53.5 Å². The van der Waals surface area contributed by atoms with E-state index in [1.54, 1.807) is 56.8 Å². The molecule has 9 atom stereocenters. The van der Waals surface area contributed by atoms with Gasteiger partial charge in [0.15, 0.2) is 17.5 Å². The van der Waals surface area contributed by atoms with E-state index in [0.717, 1.165) is 16.7 Å². The number of ether oxygens (including phenoxy) is 6. The number of hydrogen-bond acceptors (Lipinski definition) is 14. The van der Waals surface area contributed by atoms with Crippen LogP contribution in [0, 0.1) is 16.7 Å². The van der Waals surface area contributed by atoms with Gasteiger partial charge in [-0.05, 0) is 73.0 Å². The van der Waals surface area contributed by atoms with Crippen molar-refractivity contribution in [1.29, 1.82) is 0 Å². The molecule has 14 heteroatoms. The van der Waals surface area contributed by atoms with E-state index in [0.29, 0.717) is 11.1 Å². The molecule has 0 unspecified atom stereocenters. The molecule has 2 bridgehead atoms. The van der Waals surface area contributed by atoms with Crippen LogP contribution in [0.5, 0.6) is 0 Å². The number of hydrogen-bond donors (Lipinski definition) is 1. The largest absolute Gasteiger partial charge is 0.458 e. The van der Waals surface area contributed by atoms with Gasteiger partial charge >= 0.3 is 29.8 Å². The molecule has 0 amide bonds. The monoisotopic (exact) mass is 866 g/mol. The summed E-state index contributed by atoms with van der Waals surface area (Å²) >= 11 is 1.58. The van der Waals surface area contributed by atoms with E-state index in [9.17, 15) is 29.1 Å². The normalized spacial score (nSPS) is 30.9. The first kappa shape index (κ1) is 44.5. The Morgan fingerprint density at radius 3 is 1.98 bits per heavy atom. The summed E-state index contributed by atoms with van der Waals surface area (Å²) in [5, 5.41) is 13.6. The molecule has 1 saturated heterocycles. The Bertz CT molecular complexity index is 2320. The molecule has 3 fully saturated rings. The summed E-state index contributed by atoms with van der Waals surface area (Å²) in [6.45, 7) is 9.57. The predicted octanol–water partition coefficient (Wildman–Crippen LogP) is 6.64. The number of benzene rings is 3. The van der Waals surface area contributed by atoms with Crippen LogP contribution in [0.1, 0.15) is 77.2 Å². The fourth-order valence-electron chi connectivity index (χ4n) is 9.98. The molecule has 1 N–H and O–H groups in total. The van der Waals surface area contributed by atoms with Crippen LogP contribution in [0.2, 0.25) is 0 Å². The van der Waals surface area contributed by atoms with Gasteiger partial charge in [-0.15, -0.1) is 0 Å². The Kier molecular flexibility index (Phi) is 12.2. The van der Waals surface area contributed by atoms with Gasteiger partial charge in [-0.3, -0.25) is 19.2 Å². The van der Waals surface area contributed by atoms with Gasteiger partial charge in [0.1, 0.15) is 30.0 Å². The Hall–Kier alpha value is -5.57. The lowest BCUT2D eigenvalue weighted by atomic mass is 9.44. The van der Waals surface area contributed by atoms with Crippen molar-refractivity contribution in [3.8, 4) is 0 Å². The van der Waals surface area contributed by atoms with Crippen molar-refractivity contribution in [2.24, 2.45) is 16.7 Å². The first-order chi connectivity index (χ1) is 29.3. The van der Waals surface area contributed by atoms with Crippen molar-refractivity contribution in [1.82, 2.24) is 0 Å². The van der Waals surface area contributed by atoms with Crippen molar-refractivity contribution in [2.45, 2.75) is 113 Å². The van der Waals surface area contributed by atoms with Gasteiger partial charge in [-0.1, -0.05) is 74.1 Å². The second-order valence-corrected chi connectivity index (χ2v) is 18.2. The molecular formula is C48H50O13S. The minimum atomic E-state index is -2.25. The van der Waals surface area contributed by atoms with Gasteiger partial charge in [0.2, 0.25) is 0 Å². The predicted molar refractivity (Wildman–Crippen MR) is 224 cm³/mol. The minimum Gasteiger partial charge on any atom is -0.458 e. The second-order valence-electron chi connectivity index (χ2n) is 17.1. The van der Waals surface area contributed by atoms with E-state index in [1.165, 1.54) is 39.0 Å². The molecular weight excluding hydrogens is 817 g/mol. The van der Waals surface area contributed by atoms with Crippen LogP contribution in [-0.4, -0.2) is 89.1 Å². The summed E-state index contributed by atoms with van der Waals surface area (Å²) < 4.78 is 36.6. The molecule has 4 aliphatic rings. The fraction of sp³-hybridized carbons (Fsp3) is 0.417. The summed E-state index contributed by atoms with van der Waals surface area (Å²) in [7, 11) is 0. The third kappa shape index (κ3) is 7.88. The van der Waals surface area contributed by atoms with Gasteiger partial charge in [-0.25, -0.2) is 9.59 Å². The standard InChI is InChI=1S/C48H50O13S/c1-27-35(57-28(2)49)25-48(55)43(60-44(54)32-14-10-8-11-15-32)41-46(7,42(53)40(58-29(3)50)39(27)45(48,5)6)36(24-37-47(41,26-56-37)61-30(4)51)59-38(52)23-20-31-18-21-34(22-19-31)62-33-16-12-9-13-17-33/h8-23,35-37,40-41,43,55H,24-26H2,1-7H3/b23-20+/t35-,36-,37+,40+,41-,43-,46+,47-,48+/m0/s1. The lowest BCUT2D eigenvalue weighted by Crippen LogP contribution is -2.82. The van der Waals surface area contributed by atoms with E-state index < -0.39 is 94.1 Å². The Labute approximate surface area is 364 Å². The summed E-state index contributed by atoms with van der Waals surface area (Å²) in [5.41, 5.74) is -6.33. The molecule has 0 radical (unpaired) electrons. The number of carbonyl (C=O) groups is 6. The molecule has 7 rings (SSSR count). The van der Waals surface area contributed by atoms with Crippen LogP contribution in [0.15, 0.2) is 112 Å². The topological polar surface area (TPSA) is 178 Å². The lowest BCUT2D eigenvalue weighted by Gasteiger charge is -2.67. The van der Waals surface area contributed by atoms with Crippen LogP contribution < -0.4 is 0 Å². The lowest BCUT2D eigenvalue weighted by molar-refractivity contribution is -0.346. The highest BCUT2D eigenvalue weighted by molar-refractivity contribution is 7.99. The molecule has 62 heavy (non-hydrogen) atoms. The number of fused-ring (bicyclic) bond motifs is 5. The number of carbonyl (C=O) groups excluding carboxylic acids is 6. The van der Waals surface area contributed by atoms with E-state index in [2.05, 4.69) is 0 Å². The molecule has 3 aliphatic carbocycles. The van der Waals surface area contributed by atoms with E-state index >= 15 is 4.79 Å². The molecule has 0 spiro atoms. The summed E-state index contributed by atoms with van der Waals surface area (Å²) in [6.07, 6.45) is -4.80.